The molecule has 8 heteroatoms. The number of rotatable bonds is 7. The van der Waals surface area contributed by atoms with Gasteiger partial charge >= 0.3 is 0 Å². The second kappa shape index (κ2) is 9.14. The smallest absolute Gasteiger partial charge is 0.240 e. The van der Waals surface area contributed by atoms with Crippen LogP contribution in [0, 0.1) is 10.7 Å². The molecule has 0 spiro atoms. The zero-order valence-electron chi connectivity index (χ0n) is 15.9. The van der Waals surface area contributed by atoms with E-state index in [0.29, 0.717) is 17.1 Å². The largest absolute Gasteiger partial charge is 0.497 e. The molecule has 1 aromatic carbocycles. The summed E-state index contributed by atoms with van der Waals surface area (Å²) in [5, 5.41) is 10.0. The number of aromatic nitrogens is 3. The third-order valence-corrected chi connectivity index (χ3v) is 5.35. The summed E-state index contributed by atoms with van der Waals surface area (Å²) >= 11 is 5.30. The Morgan fingerprint density at radius 2 is 2.04 bits per heavy atom. The summed E-state index contributed by atoms with van der Waals surface area (Å²) in [5.41, 5.74) is 0.874. The average molecular weight is 390 g/mol. The Labute approximate surface area is 164 Å². The van der Waals surface area contributed by atoms with Crippen LogP contribution in [-0.2, 0) is 11.3 Å². The van der Waals surface area contributed by atoms with Gasteiger partial charge in [0, 0.05) is 18.7 Å². The SMILES string of the molecule is COc1ccc(-c2n[nH]c(=S)n2CC(=O)NCCN2CCC(C)CC2)cc1. The number of H-pyrrole nitrogens is 1. The molecule has 2 heterocycles. The number of hydrogen-bond acceptors (Lipinski definition) is 5. The minimum absolute atomic E-state index is 0.0624. The number of methoxy groups -OCH3 is 1. The quantitative estimate of drug-likeness (QED) is 0.712. The Balaban J connectivity index is 1.56. The maximum Gasteiger partial charge on any atom is 0.240 e. The van der Waals surface area contributed by atoms with Gasteiger partial charge in [-0.15, -0.1) is 0 Å². The van der Waals surface area contributed by atoms with Crippen LogP contribution in [-0.4, -0.2) is 58.9 Å². The van der Waals surface area contributed by atoms with Crippen LogP contribution in [0.15, 0.2) is 24.3 Å². The number of nitrogens with zero attached hydrogens (tertiary/aromatic N) is 3. The molecular formula is C19H27N5O2S. The molecule has 0 radical (unpaired) electrons. The van der Waals surface area contributed by atoms with Gasteiger partial charge in [0.05, 0.1) is 7.11 Å². The van der Waals surface area contributed by atoms with Gasteiger partial charge in [0.15, 0.2) is 10.6 Å². The highest BCUT2D eigenvalue weighted by Gasteiger charge is 2.16. The van der Waals surface area contributed by atoms with Crippen molar-refractivity contribution in [2.24, 2.45) is 5.92 Å². The van der Waals surface area contributed by atoms with Gasteiger partial charge in [-0.25, -0.2) is 0 Å². The molecule has 2 N–H and O–H groups in total. The Morgan fingerprint density at radius 1 is 1.33 bits per heavy atom. The monoisotopic (exact) mass is 389 g/mol. The molecule has 0 saturated carbocycles. The average Bonchev–Trinajstić information content (AvgIpc) is 3.04. The van der Waals surface area contributed by atoms with E-state index in [1.807, 2.05) is 24.3 Å². The van der Waals surface area contributed by atoms with Gasteiger partial charge in [0.1, 0.15) is 12.3 Å². The molecule has 1 aliphatic rings. The molecule has 0 bridgehead atoms. The van der Waals surface area contributed by atoms with Crippen molar-refractivity contribution >= 4 is 18.1 Å². The van der Waals surface area contributed by atoms with Crippen LogP contribution in [0.25, 0.3) is 11.4 Å². The molecule has 0 aliphatic carbocycles. The van der Waals surface area contributed by atoms with Crippen LogP contribution in [0.1, 0.15) is 19.8 Å². The van der Waals surface area contributed by atoms with Crippen LogP contribution in [0.4, 0.5) is 0 Å². The lowest BCUT2D eigenvalue weighted by Crippen LogP contribution is -2.40. The highest BCUT2D eigenvalue weighted by molar-refractivity contribution is 7.71. The van der Waals surface area contributed by atoms with Crippen LogP contribution < -0.4 is 10.1 Å². The summed E-state index contributed by atoms with van der Waals surface area (Å²) in [4.78, 5) is 14.8. The van der Waals surface area contributed by atoms with E-state index in [4.69, 9.17) is 17.0 Å². The maximum atomic E-state index is 12.4. The number of likely N-dealkylation sites (tertiary alicyclic amines) is 1. The first-order valence-electron chi connectivity index (χ1n) is 9.35. The summed E-state index contributed by atoms with van der Waals surface area (Å²) < 4.78 is 7.33. The van der Waals surface area contributed by atoms with Gasteiger partial charge in [0.25, 0.3) is 0 Å². The van der Waals surface area contributed by atoms with E-state index in [1.165, 1.54) is 12.8 Å². The summed E-state index contributed by atoms with van der Waals surface area (Å²) in [6, 6.07) is 7.51. The Hall–Kier alpha value is -2.19. The van der Waals surface area contributed by atoms with Gasteiger partial charge in [-0.1, -0.05) is 6.92 Å². The van der Waals surface area contributed by atoms with Crippen molar-refractivity contribution in [2.75, 3.05) is 33.3 Å². The molecule has 27 heavy (non-hydrogen) atoms. The molecule has 2 aromatic rings. The van der Waals surface area contributed by atoms with Crippen molar-refractivity contribution in [3.8, 4) is 17.1 Å². The fraction of sp³-hybridized carbons (Fsp3) is 0.526. The molecular weight excluding hydrogens is 362 g/mol. The fourth-order valence-electron chi connectivity index (χ4n) is 3.26. The number of hydrogen-bond donors (Lipinski definition) is 2. The van der Waals surface area contributed by atoms with Crippen LogP contribution >= 0.6 is 12.2 Å². The van der Waals surface area contributed by atoms with Gasteiger partial charge < -0.3 is 15.0 Å². The first-order valence-corrected chi connectivity index (χ1v) is 9.76. The lowest BCUT2D eigenvalue weighted by molar-refractivity contribution is -0.121. The number of carbonyl (C=O) groups is 1. The van der Waals surface area contributed by atoms with E-state index in [2.05, 4.69) is 27.3 Å². The van der Waals surface area contributed by atoms with Gasteiger partial charge in [-0.05, 0) is 68.3 Å². The molecule has 1 saturated heterocycles. The molecule has 3 rings (SSSR count). The van der Waals surface area contributed by atoms with Crippen molar-refractivity contribution in [3.63, 3.8) is 0 Å². The Bertz CT molecular complexity index is 806. The predicted molar refractivity (Wildman–Crippen MR) is 107 cm³/mol. The molecule has 7 nitrogen and oxygen atoms in total. The summed E-state index contributed by atoms with van der Waals surface area (Å²) in [6.45, 7) is 6.22. The first kappa shape index (κ1) is 19.6. The number of benzene rings is 1. The second-order valence-corrected chi connectivity index (χ2v) is 7.43. The lowest BCUT2D eigenvalue weighted by Gasteiger charge is -2.30. The first-order chi connectivity index (χ1) is 13.1. The van der Waals surface area contributed by atoms with E-state index in [-0.39, 0.29) is 12.5 Å². The van der Waals surface area contributed by atoms with Crippen LogP contribution in [0.2, 0.25) is 0 Å². The predicted octanol–water partition coefficient (Wildman–Crippen LogP) is 2.46. The van der Waals surface area contributed by atoms with Crippen LogP contribution in [0.5, 0.6) is 5.75 Å². The third-order valence-electron chi connectivity index (χ3n) is 5.03. The maximum absolute atomic E-state index is 12.4. The van der Waals surface area contributed by atoms with E-state index in [9.17, 15) is 4.79 Å². The second-order valence-electron chi connectivity index (χ2n) is 7.04. The third kappa shape index (κ3) is 5.17. The molecule has 1 amide bonds. The fourth-order valence-corrected chi connectivity index (χ4v) is 3.46. The molecule has 1 aliphatic heterocycles. The number of ether oxygens (including phenoxy) is 1. The zero-order chi connectivity index (χ0) is 19.2. The van der Waals surface area contributed by atoms with E-state index in [1.54, 1.807) is 11.7 Å². The molecule has 1 fully saturated rings. The summed E-state index contributed by atoms with van der Waals surface area (Å²) in [7, 11) is 1.62. The minimum Gasteiger partial charge on any atom is -0.497 e. The highest BCUT2D eigenvalue weighted by Crippen LogP contribution is 2.21. The number of piperidine rings is 1. The zero-order valence-corrected chi connectivity index (χ0v) is 16.7. The molecule has 0 atom stereocenters. The van der Waals surface area contributed by atoms with Crippen molar-refractivity contribution in [1.29, 1.82) is 0 Å². The molecule has 1 aromatic heterocycles. The van der Waals surface area contributed by atoms with E-state index >= 15 is 0 Å². The number of nitrogens with one attached hydrogen (secondary N) is 2. The Morgan fingerprint density at radius 3 is 2.70 bits per heavy atom. The van der Waals surface area contributed by atoms with Crippen molar-refractivity contribution in [1.82, 2.24) is 25.0 Å². The topological polar surface area (TPSA) is 75.2 Å². The van der Waals surface area contributed by atoms with Crippen molar-refractivity contribution in [3.05, 3.63) is 29.0 Å². The standard InChI is InChI=1S/C19H27N5O2S/c1-14-7-10-23(11-8-14)12-9-20-17(25)13-24-18(21-22-19(24)27)15-3-5-16(26-2)6-4-15/h3-6,14H,7-13H2,1-2H3,(H,20,25)(H,22,27). The van der Waals surface area contributed by atoms with E-state index < -0.39 is 0 Å². The van der Waals surface area contributed by atoms with Crippen LogP contribution in [0.3, 0.4) is 0 Å². The Kier molecular flexibility index (Phi) is 6.63. The highest BCUT2D eigenvalue weighted by atomic mass is 32.1. The van der Waals surface area contributed by atoms with Gasteiger partial charge in [-0.2, -0.15) is 5.10 Å². The molecule has 0 unspecified atom stereocenters. The normalized spacial score (nSPS) is 15.6. The summed E-state index contributed by atoms with van der Waals surface area (Å²) in [6.07, 6.45) is 2.48. The number of amides is 1. The number of carbonyl (C=O) groups excluding carboxylic acids is 1. The number of aromatic amines is 1. The lowest BCUT2D eigenvalue weighted by atomic mass is 9.99. The minimum atomic E-state index is -0.0624. The van der Waals surface area contributed by atoms with Crippen molar-refractivity contribution < 1.29 is 9.53 Å². The van der Waals surface area contributed by atoms with Crippen molar-refractivity contribution in [2.45, 2.75) is 26.3 Å². The van der Waals surface area contributed by atoms with E-state index in [0.717, 1.165) is 36.9 Å². The van der Waals surface area contributed by atoms with Gasteiger partial charge in [0.2, 0.25) is 5.91 Å². The molecule has 146 valence electrons. The summed E-state index contributed by atoms with van der Waals surface area (Å²) in [5.74, 6) is 2.16. The van der Waals surface area contributed by atoms with Gasteiger partial charge in [-0.3, -0.25) is 14.5 Å².